The van der Waals surface area contributed by atoms with Crippen molar-refractivity contribution in [2.24, 2.45) is 5.92 Å². The van der Waals surface area contributed by atoms with Crippen molar-refractivity contribution < 1.29 is 18.0 Å². The summed E-state index contributed by atoms with van der Waals surface area (Å²) < 4.78 is 27.3. The van der Waals surface area contributed by atoms with Crippen LogP contribution in [0, 0.1) is 5.92 Å². The molecule has 9 heteroatoms. The van der Waals surface area contributed by atoms with Crippen molar-refractivity contribution in [1.82, 2.24) is 14.1 Å². The molecule has 0 N–H and O–H groups in total. The van der Waals surface area contributed by atoms with Crippen molar-refractivity contribution in [1.29, 1.82) is 0 Å². The molecule has 1 aromatic rings. The molecule has 0 spiro atoms. The fourth-order valence-corrected chi connectivity index (χ4v) is 7.33. The minimum absolute atomic E-state index is 0.0374. The van der Waals surface area contributed by atoms with Gasteiger partial charge in [-0.15, -0.1) is 11.3 Å². The normalized spacial score (nSPS) is 24.8. The van der Waals surface area contributed by atoms with Crippen LogP contribution in [0.25, 0.3) is 0 Å². The number of sulfonamides is 1. The van der Waals surface area contributed by atoms with E-state index in [1.54, 1.807) is 22.4 Å². The van der Waals surface area contributed by atoms with Crippen molar-refractivity contribution in [2.75, 3.05) is 32.7 Å². The summed E-state index contributed by atoms with van der Waals surface area (Å²) in [6, 6.07) is 3.03. The van der Waals surface area contributed by atoms with Crippen molar-refractivity contribution in [2.45, 2.75) is 55.2 Å². The van der Waals surface area contributed by atoms with Crippen LogP contribution in [0.15, 0.2) is 21.7 Å². The lowest BCUT2D eigenvalue weighted by Gasteiger charge is -2.40. The average molecular weight is 440 g/mol. The maximum absolute atomic E-state index is 13.3. The first-order valence-electron chi connectivity index (χ1n) is 10.6. The number of hydrogen-bond donors (Lipinski definition) is 0. The molecule has 3 aliphatic heterocycles. The lowest BCUT2D eigenvalue weighted by Crippen LogP contribution is -2.55. The van der Waals surface area contributed by atoms with E-state index in [-0.39, 0.29) is 23.8 Å². The summed E-state index contributed by atoms with van der Waals surface area (Å²) in [5.74, 6) is -0.0551. The molecule has 0 aliphatic carbocycles. The number of nitrogens with zero attached hydrogens (tertiary/aromatic N) is 3. The molecule has 1 unspecified atom stereocenters. The Kier molecular flexibility index (Phi) is 6.27. The van der Waals surface area contributed by atoms with E-state index in [0.717, 1.165) is 45.2 Å². The van der Waals surface area contributed by atoms with Crippen molar-refractivity contribution in [3.05, 3.63) is 17.5 Å². The molecule has 160 valence electrons. The van der Waals surface area contributed by atoms with Crippen LogP contribution in [0.5, 0.6) is 0 Å². The third-order valence-electron chi connectivity index (χ3n) is 6.38. The smallest absolute Gasteiger partial charge is 0.252 e. The number of carbonyl (C=O) groups is 2. The van der Waals surface area contributed by atoms with E-state index in [1.807, 2.05) is 4.90 Å². The first-order chi connectivity index (χ1) is 14.0. The fraction of sp³-hybridized carbons (Fsp3) is 0.700. The zero-order chi connectivity index (χ0) is 20.4. The van der Waals surface area contributed by atoms with E-state index in [9.17, 15) is 18.0 Å². The minimum Gasteiger partial charge on any atom is -0.341 e. The van der Waals surface area contributed by atoms with Gasteiger partial charge in [-0.1, -0.05) is 6.07 Å². The third kappa shape index (κ3) is 4.22. The van der Waals surface area contributed by atoms with Crippen molar-refractivity contribution in [3.8, 4) is 0 Å². The topological polar surface area (TPSA) is 78.0 Å². The molecular weight excluding hydrogens is 410 g/mol. The molecular formula is C20H29N3O4S2. The molecule has 0 bridgehead atoms. The van der Waals surface area contributed by atoms with Crippen LogP contribution in [-0.4, -0.2) is 73.1 Å². The highest BCUT2D eigenvalue weighted by Gasteiger charge is 2.40. The zero-order valence-electron chi connectivity index (χ0n) is 16.7. The van der Waals surface area contributed by atoms with Gasteiger partial charge in [0.25, 0.3) is 10.0 Å². The second kappa shape index (κ2) is 8.73. The van der Waals surface area contributed by atoms with Crippen molar-refractivity contribution in [3.63, 3.8) is 0 Å². The van der Waals surface area contributed by atoms with Crippen LogP contribution >= 0.6 is 11.3 Å². The van der Waals surface area contributed by atoms with Gasteiger partial charge in [0.05, 0.1) is 0 Å². The van der Waals surface area contributed by atoms with E-state index < -0.39 is 10.0 Å². The van der Waals surface area contributed by atoms with Gasteiger partial charge < -0.3 is 9.80 Å². The molecule has 2 amide bonds. The van der Waals surface area contributed by atoms with E-state index >= 15 is 0 Å². The lowest BCUT2D eigenvalue weighted by molar-refractivity contribution is -0.150. The molecule has 3 saturated heterocycles. The van der Waals surface area contributed by atoms with E-state index in [4.69, 9.17) is 0 Å². The van der Waals surface area contributed by atoms with Gasteiger partial charge in [-0.05, 0) is 56.4 Å². The molecule has 3 aliphatic rings. The molecule has 29 heavy (non-hydrogen) atoms. The van der Waals surface area contributed by atoms with Gasteiger partial charge in [0.15, 0.2) is 0 Å². The zero-order valence-corrected chi connectivity index (χ0v) is 18.3. The Balaban J connectivity index is 1.39. The summed E-state index contributed by atoms with van der Waals surface area (Å²) >= 11 is 1.22. The maximum Gasteiger partial charge on any atom is 0.252 e. The molecule has 3 fully saturated rings. The number of amides is 2. The summed E-state index contributed by atoms with van der Waals surface area (Å²) in [6.45, 7) is 2.95. The predicted molar refractivity (Wildman–Crippen MR) is 111 cm³/mol. The fourth-order valence-electron chi connectivity index (χ4n) is 4.72. The van der Waals surface area contributed by atoms with Gasteiger partial charge in [-0.3, -0.25) is 9.59 Å². The summed E-state index contributed by atoms with van der Waals surface area (Å²) in [7, 11) is -3.46. The number of likely N-dealkylation sites (tertiary alicyclic amines) is 2. The van der Waals surface area contributed by atoms with Crippen LogP contribution < -0.4 is 0 Å². The van der Waals surface area contributed by atoms with Crippen LogP contribution in [-0.2, 0) is 19.6 Å². The molecule has 0 radical (unpaired) electrons. The van der Waals surface area contributed by atoms with Crippen molar-refractivity contribution >= 4 is 33.2 Å². The Labute approximate surface area is 176 Å². The van der Waals surface area contributed by atoms with Crippen LogP contribution in [0.3, 0.4) is 0 Å². The monoisotopic (exact) mass is 439 g/mol. The number of piperidine rings is 2. The van der Waals surface area contributed by atoms with Gasteiger partial charge >= 0.3 is 0 Å². The quantitative estimate of drug-likeness (QED) is 0.720. The minimum atomic E-state index is -3.46. The molecule has 0 saturated carbocycles. The van der Waals surface area contributed by atoms with Crippen LogP contribution in [0.1, 0.15) is 44.9 Å². The van der Waals surface area contributed by atoms with Gasteiger partial charge in [0.2, 0.25) is 11.8 Å². The third-order valence-corrected chi connectivity index (χ3v) is 9.65. The van der Waals surface area contributed by atoms with Gasteiger partial charge in [0.1, 0.15) is 10.3 Å². The molecule has 4 rings (SSSR count). The Morgan fingerprint density at radius 2 is 1.59 bits per heavy atom. The van der Waals surface area contributed by atoms with Gasteiger partial charge in [-0.2, -0.15) is 4.31 Å². The van der Waals surface area contributed by atoms with Gasteiger partial charge in [-0.25, -0.2) is 8.42 Å². The number of rotatable bonds is 4. The summed E-state index contributed by atoms with van der Waals surface area (Å²) in [4.78, 5) is 29.9. The SMILES string of the molecule is O=C(C1CCCCN1C(=O)C1CCN(S(=O)(=O)c2cccs2)CC1)N1CCCC1. The second-order valence-electron chi connectivity index (χ2n) is 8.19. The Morgan fingerprint density at radius 3 is 2.24 bits per heavy atom. The second-order valence-corrected chi connectivity index (χ2v) is 11.3. The summed E-state index contributed by atoms with van der Waals surface area (Å²) in [6.07, 6.45) is 5.78. The predicted octanol–water partition coefficient (Wildman–Crippen LogP) is 2.15. The maximum atomic E-state index is 13.3. The molecule has 1 aromatic heterocycles. The number of thiophene rings is 1. The summed E-state index contributed by atoms with van der Waals surface area (Å²) in [5.41, 5.74) is 0. The molecule has 0 aromatic carbocycles. The largest absolute Gasteiger partial charge is 0.341 e. The first-order valence-corrected chi connectivity index (χ1v) is 12.9. The Morgan fingerprint density at radius 1 is 0.897 bits per heavy atom. The highest BCUT2D eigenvalue weighted by atomic mass is 32.2. The first kappa shape index (κ1) is 20.8. The highest BCUT2D eigenvalue weighted by Crippen LogP contribution is 2.29. The highest BCUT2D eigenvalue weighted by molar-refractivity contribution is 7.91. The van der Waals surface area contributed by atoms with E-state index in [1.165, 1.54) is 15.6 Å². The Hall–Kier alpha value is -1.45. The molecule has 1 atom stereocenters. The molecule has 7 nitrogen and oxygen atoms in total. The Bertz CT molecular complexity index is 826. The number of carbonyl (C=O) groups excluding carboxylic acids is 2. The van der Waals surface area contributed by atoms with E-state index in [0.29, 0.717) is 36.7 Å². The van der Waals surface area contributed by atoms with Gasteiger partial charge in [0, 0.05) is 38.6 Å². The lowest BCUT2D eigenvalue weighted by atomic mass is 9.93. The number of hydrogen-bond acceptors (Lipinski definition) is 5. The molecule has 4 heterocycles. The van der Waals surface area contributed by atoms with Crippen LogP contribution in [0.4, 0.5) is 0 Å². The standard InChI is InChI=1S/C20H29N3O4S2/c24-19(23-12-2-1-6-17(23)20(25)21-10-3-4-11-21)16-8-13-22(14-9-16)29(26,27)18-7-5-15-28-18/h5,7,15-17H,1-4,6,8-14H2. The summed E-state index contributed by atoms with van der Waals surface area (Å²) in [5, 5.41) is 1.76. The van der Waals surface area contributed by atoms with Crippen LogP contribution in [0.2, 0.25) is 0 Å². The average Bonchev–Trinajstić information content (AvgIpc) is 3.47. The van der Waals surface area contributed by atoms with E-state index in [2.05, 4.69) is 0 Å².